The fourth-order valence-corrected chi connectivity index (χ4v) is 2.61. The zero-order valence-electron chi connectivity index (χ0n) is 12.7. The predicted octanol–water partition coefficient (Wildman–Crippen LogP) is 4.68. The number of hydrogen-bond donors (Lipinski definition) is 1. The van der Waals surface area contributed by atoms with Gasteiger partial charge < -0.3 is 0 Å². The molecule has 0 aliphatic carbocycles. The summed E-state index contributed by atoms with van der Waals surface area (Å²) in [5, 5.41) is 10.6. The third-order valence-electron chi connectivity index (χ3n) is 3.80. The molecule has 0 bridgehead atoms. The number of aromatic amines is 1. The monoisotopic (exact) mass is 271 g/mol. The number of benzene rings is 1. The Bertz CT molecular complexity index is 503. The molecule has 3 heteroatoms. The van der Waals surface area contributed by atoms with Crippen molar-refractivity contribution in [2.75, 3.05) is 0 Å². The van der Waals surface area contributed by atoms with Crippen molar-refractivity contribution in [3.8, 4) is 11.3 Å². The molecule has 1 aromatic carbocycles. The van der Waals surface area contributed by atoms with Crippen molar-refractivity contribution in [2.45, 2.75) is 58.8 Å². The number of aryl methyl sites for hydroxylation is 2. The van der Waals surface area contributed by atoms with Crippen molar-refractivity contribution in [2.24, 2.45) is 0 Å². The van der Waals surface area contributed by atoms with Crippen molar-refractivity contribution in [3.63, 3.8) is 0 Å². The van der Waals surface area contributed by atoms with E-state index < -0.39 is 0 Å². The van der Waals surface area contributed by atoms with Crippen LogP contribution in [0.2, 0.25) is 0 Å². The SMILES string of the molecule is CCCCCCCCc1ccc(-c2c[nH]nn2)c(C)c1. The topological polar surface area (TPSA) is 41.6 Å². The molecule has 108 valence electrons. The van der Waals surface area contributed by atoms with Gasteiger partial charge in [0.1, 0.15) is 5.69 Å². The van der Waals surface area contributed by atoms with Gasteiger partial charge in [0.2, 0.25) is 0 Å². The molecular formula is C17H25N3. The summed E-state index contributed by atoms with van der Waals surface area (Å²) in [5.41, 5.74) is 4.81. The largest absolute Gasteiger partial charge is 0.265 e. The molecule has 0 saturated heterocycles. The Kier molecular flexibility index (Phi) is 5.78. The minimum atomic E-state index is 0.925. The quantitative estimate of drug-likeness (QED) is 0.708. The molecule has 0 atom stereocenters. The Morgan fingerprint density at radius 3 is 2.55 bits per heavy atom. The molecule has 0 unspecified atom stereocenters. The van der Waals surface area contributed by atoms with E-state index in [-0.39, 0.29) is 0 Å². The van der Waals surface area contributed by atoms with Crippen LogP contribution in [-0.2, 0) is 6.42 Å². The number of aromatic nitrogens is 3. The summed E-state index contributed by atoms with van der Waals surface area (Å²) in [6.07, 6.45) is 11.1. The van der Waals surface area contributed by atoms with E-state index in [4.69, 9.17) is 0 Å². The third kappa shape index (κ3) is 4.19. The lowest BCUT2D eigenvalue weighted by Gasteiger charge is -2.06. The van der Waals surface area contributed by atoms with Crippen LogP contribution in [0.1, 0.15) is 56.6 Å². The van der Waals surface area contributed by atoms with Crippen LogP contribution in [0.5, 0.6) is 0 Å². The van der Waals surface area contributed by atoms with Crippen LogP contribution >= 0.6 is 0 Å². The standard InChI is InChI=1S/C17H25N3/c1-3-4-5-6-7-8-9-15-10-11-16(14(2)12-15)17-13-18-20-19-17/h10-13H,3-9H2,1-2H3,(H,18,19,20). The van der Waals surface area contributed by atoms with E-state index in [0.29, 0.717) is 0 Å². The summed E-state index contributed by atoms with van der Waals surface area (Å²) < 4.78 is 0. The lowest BCUT2D eigenvalue weighted by molar-refractivity contribution is 0.607. The van der Waals surface area contributed by atoms with Crippen LogP contribution in [0, 0.1) is 6.92 Å². The molecule has 0 aliphatic heterocycles. The van der Waals surface area contributed by atoms with E-state index in [1.54, 1.807) is 0 Å². The molecule has 3 nitrogen and oxygen atoms in total. The van der Waals surface area contributed by atoms with Crippen molar-refractivity contribution in [1.82, 2.24) is 15.4 Å². The molecule has 2 aromatic rings. The van der Waals surface area contributed by atoms with Gasteiger partial charge in [-0.1, -0.05) is 62.4 Å². The highest BCUT2D eigenvalue weighted by Gasteiger charge is 2.05. The first-order chi connectivity index (χ1) is 9.81. The maximum Gasteiger partial charge on any atom is 0.113 e. The van der Waals surface area contributed by atoms with Gasteiger partial charge in [-0.25, -0.2) is 0 Å². The average Bonchev–Trinajstić information content (AvgIpc) is 2.97. The van der Waals surface area contributed by atoms with E-state index in [1.807, 2.05) is 6.20 Å². The zero-order valence-corrected chi connectivity index (χ0v) is 12.7. The van der Waals surface area contributed by atoms with Crippen molar-refractivity contribution < 1.29 is 0 Å². The Morgan fingerprint density at radius 2 is 1.85 bits per heavy atom. The van der Waals surface area contributed by atoms with Crippen LogP contribution in [0.4, 0.5) is 0 Å². The van der Waals surface area contributed by atoms with Crippen LogP contribution < -0.4 is 0 Å². The number of H-pyrrole nitrogens is 1. The van der Waals surface area contributed by atoms with Gasteiger partial charge in [0.15, 0.2) is 0 Å². The second kappa shape index (κ2) is 7.83. The lowest BCUT2D eigenvalue weighted by atomic mass is 9.99. The second-order valence-electron chi connectivity index (χ2n) is 5.53. The molecule has 1 N–H and O–H groups in total. The second-order valence-corrected chi connectivity index (χ2v) is 5.53. The van der Waals surface area contributed by atoms with Gasteiger partial charge in [-0.3, -0.25) is 5.10 Å². The van der Waals surface area contributed by atoms with Gasteiger partial charge in [0.25, 0.3) is 0 Å². The summed E-state index contributed by atoms with van der Waals surface area (Å²) in [6, 6.07) is 6.68. The molecule has 0 saturated carbocycles. The molecule has 0 radical (unpaired) electrons. The van der Waals surface area contributed by atoms with E-state index in [1.165, 1.54) is 61.6 Å². The van der Waals surface area contributed by atoms with E-state index >= 15 is 0 Å². The summed E-state index contributed by atoms with van der Waals surface area (Å²) in [6.45, 7) is 4.41. The predicted molar refractivity (Wildman–Crippen MR) is 83.6 cm³/mol. The van der Waals surface area contributed by atoms with Crippen LogP contribution in [-0.4, -0.2) is 15.4 Å². The summed E-state index contributed by atoms with van der Waals surface area (Å²) in [7, 11) is 0. The maximum absolute atomic E-state index is 4.08. The normalized spacial score (nSPS) is 10.9. The Labute approximate surface area is 121 Å². The van der Waals surface area contributed by atoms with Gasteiger partial charge in [-0.05, 0) is 30.9 Å². The highest BCUT2D eigenvalue weighted by molar-refractivity contribution is 5.62. The first-order valence-corrected chi connectivity index (χ1v) is 7.77. The van der Waals surface area contributed by atoms with Gasteiger partial charge in [0.05, 0.1) is 0 Å². The molecular weight excluding hydrogens is 246 g/mol. The molecule has 0 fully saturated rings. The number of hydrogen-bond acceptors (Lipinski definition) is 2. The number of rotatable bonds is 8. The first-order valence-electron chi connectivity index (χ1n) is 7.77. The lowest BCUT2D eigenvalue weighted by Crippen LogP contribution is -1.90. The fraction of sp³-hybridized carbons (Fsp3) is 0.529. The fourth-order valence-electron chi connectivity index (χ4n) is 2.61. The van der Waals surface area contributed by atoms with Gasteiger partial charge >= 0.3 is 0 Å². The van der Waals surface area contributed by atoms with Crippen molar-refractivity contribution >= 4 is 0 Å². The molecule has 2 rings (SSSR count). The maximum atomic E-state index is 4.08. The molecule has 0 spiro atoms. The zero-order chi connectivity index (χ0) is 14.2. The third-order valence-corrected chi connectivity index (χ3v) is 3.80. The summed E-state index contributed by atoms with van der Waals surface area (Å²) >= 11 is 0. The number of unbranched alkanes of at least 4 members (excludes halogenated alkanes) is 5. The minimum Gasteiger partial charge on any atom is -0.265 e. The van der Waals surface area contributed by atoms with E-state index in [0.717, 1.165) is 5.69 Å². The van der Waals surface area contributed by atoms with Crippen LogP contribution in [0.15, 0.2) is 24.4 Å². The summed E-state index contributed by atoms with van der Waals surface area (Å²) in [5.74, 6) is 0. The molecule has 0 aliphatic rings. The molecule has 1 heterocycles. The number of nitrogens with one attached hydrogen (secondary N) is 1. The molecule has 0 amide bonds. The highest BCUT2D eigenvalue weighted by atomic mass is 15.3. The first kappa shape index (κ1) is 14.8. The summed E-state index contributed by atoms with van der Waals surface area (Å²) in [4.78, 5) is 0. The highest BCUT2D eigenvalue weighted by Crippen LogP contribution is 2.22. The van der Waals surface area contributed by atoms with Crippen LogP contribution in [0.25, 0.3) is 11.3 Å². The smallest absolute Gasteiger partial charge is 0.113 e. The number of nitrogens with zero attached hydrogens (tertiary/aromatic N) is 2. The van der Waals surface area contributed by atoms with Crippen molar-refractivity contribution in [1.29, 1.82) is 0 Å². The van der Waals surface area contributed by atoms with Gasteiger partial charge in [0, 0.05) is 11.8 Å². The van der Waals surface area contributed by atoms with Gasteiger partial charge in [-0.15, -0.1) is 5.10 Å². The average molecular weight is 271 g/mol. The minimum absolute atomic E-state index is 0.925. The molecule has 1 aromatic heterocycles. The van der Waals surface area contributed by atoms with E-state index in [2.05, 4.69) is 47.5 Å². The van der Waals surface area contributed by atoms with Crippen molar-refractivity contribution in [3.05, 3.63) is 35.5 Å². The van der Waals surface area contributed by atoms with Crippen LogP contribution in [0.3, 0.4) is 0 Å². The Morgan fingerprint density at radius 1 is 1.05 bits per heavy atom. The Hall–Kier alpha value is -1.64. The Balaban J connectivity index is 1.83. The van der Waals surface area contributed by atoms with Gasteiger partial charge in [-0.2, -0.15) is 0 Å². The van der Waals surface area contributed by atoms with E-state index in [9.17, 15) is 0 Å². The molecule has 20 heavy (non-hydrogen) atoms.